The molecule has 0 unspecified atom stereocenters. The Kier molecular flexibility index (Phi) is 3.50. The average molecular weight is 292 g/mol. The smallest absolute Gasteiger partial charge is 0.311 e. The second-order valence-corrected chi connectivity index (χ2v) is 6.88. The van der Waals surface area contributed by atoms with Crippen LogP contribution in [0.5, 0.6) is 0 Å². The molecule has 2 bridgehead atoms. The van der Waals surface area contributed by atoms with Gasteiger partial charge in [-0.15, -0.1) is 0 Å². The highest BCUT2D eigenvalue weighted by Gasteiger charge is 2.52. The van der Waals surface area contributed by atoms with E-state index in [9.17, 15) is 4.79 Å². The largest absolute Gasteiger partial charge is 0.469 e. The summed E-state index contributed by atoms with van der Waals surface area (Å²) in [6.45, 7) is 1.94. The molecular formula is C17H24O4. The third-order valence-electron chi connectivity index (χ3n) is 5.57. The minimum Gasteiger partial charge on any atom is -0.469 e. The number of carbonyl (C=O) groups is 1. The van der Waals surface area contributed by atoms with Crippen LogP contribution in [0.4, 0.5) is 0 Å². The predicted octanol–water partition coefficient (Wildman–Crippen LogP) is 3.68. The topological polar surface area (TPSA) is 44.8 Å². The maximum atomic E-state index is 12.0. The highest BCUT2D eigenvalue weighted by molar-refractivity contribution is 5.77. The van der Waals surface area contributed by atoms with Gasteiger partial charge in [-0.3, -0.25) is 4.79 Å². The maximum absolute atomic E-state index is 12.0. The molecule has 4 rings (SSSR count). The Morgan fingerprint density at radius 2 is 1.71 bits per heavy atom. The molecule has 21 heavy (non-hydrogen) atoms. The molecule has 0 spiro atoms. The third kappa shape index (κ3) is 2.56. The van der Waals surface area contributed by atoms with Crippen molar-refractivity contribution in [3.63, 3.8) is 0 Å². The van der Waals surface area contributed by atoms with Crippen LogP contribution in [0.3, 0.4) is 0 Å². The molecule has 0 aromatic heterocycles. The Hall–Kier alpha value is -1.45. The molecule has 1 aliphatic heterocycles. The summed E-state index contributed by atoms with van der Waals surface area (Å²) in [6.07, 6.45) is 14.6. The Bertz CT molecular complexity index is 445. The van der Waals surface area contributed by atoms with Gasteiger partial charge in [-0.05, 0) is 43.9 Å². The molecule has 4 aliphatic rings. The minimum absolute atomic E-state index is 0.00822. The van der Waals surface area contributed by atoms with Crippen LogP contribution in [0.2, 0.25) is 0 Å². The van der Waals surface area contributed by atoms with Gasteiger partial charge in [-0.2, -0.15) is 0 Å². The SMILES string of the molecule is COC(=O)C12CCC(/C=C/CC3(C)OC=CO3)(CC1)CC2. The number of ether oxygens (including phenoxy) is 3. The Morgan fingerprint density at radius 3 is 2.24 bits per heavy atom. The van der Waals surface area contributed by atoms with Crippen molar-refractivity contribution < 1.29 is 19.0 Å². The molecule has 1 heterocycles. The van der Waals surface area contributed by atoms with Gasteiger partial charge >= 0.3 is 5.97 Å². The summed E-state index contributed by atoms with van der Waals surface area (Å²) >= 11 is 0. The van der Waals surface area contributed by atoms with Crippen molar-refractivity contribution in [3.8, 4) is 0 Å². The summed E-state index contributed by atoms with van der Waals surface area (Å²) in [4.78, 5) is 12.0. The maximum Gasteiger partial charge on any atom is 0.311 e. The molecule has 4 nitrogen and oxygen atoms in total. The van der Waals surface area contributed by atoms with E-state index < -0.39 is 5.79 Å². The van der Waals surface area contributed by atoms with Gasteiger partial charge in [0.15, 0.2) is 0 Å². The van der Waals surface area contributed by atoms with Crippen LogP contribution in [0, 0.1) is 10.8 Å². The fraction of sp³-hybridized carbons (Fsp3) is 0.706. The van der Waals surface area contributed by atoms with Crippen LogP contribution in [0.15, 0.2) is 24.7 Å². The number of esters is 1. The van der Waals surface area contributed by atoms with E-state index in [0.717, 1.165) is 44.9 Å². The van der Waals surface area contributed by atoms with E-state index in [4.69, 9.17) is 14.2 Å². The van der Waals surface area contributed by atoms with Crippen LogP contribution in [0.25, 0.3) is 0 Å². The van der Waals surface area contributed by atoms with Crippen LogP contribution in [0.1, 0.15) is 51.9 Å². The van der Waals surface area contributed by atoms with E-state index in [0.29, 0.717) is 0 Å². The van der Waals surface area contributed by atoms with E-state index in [1.165, 1.54) is 7.11 Å². The number of fused-ring (bicyclic) bond motifs is 3. The fourth-order valence-corrected chi connectivity index (χ4v) is 3.98. The van der Waals surface area contributed by atoms with E-state index in [1.807, 2.05) is 6.92 Å². The number of hydrogen-bond donors (Lipinski definition) is 0. The normalized spacial score (nSPS) is 36.5. The average Bonchev–Trinajstić information content (AvgIpc) is 2.95. The third-order valence-corrected chi connectivity index (χ3v) is 5.57. The van der Waals surface area contributed by atoms with Crippen molar-refractivity contribution in [2.75, 3.05) is 7.11 Å². The zero-order chi connectivity index (χ0) is 15.0. The quantitative estimate of drug-likeness (QED) is 0.585. The monoisotopic (exact) mass is 292 g/mol. The molecule has 0 atom stereocenters. The summed E-state index contributed by atoms with van der Waals surface area (Å²) in [5.74, 6) is -0.558. The summed E-state index contributed by atoms with van der Waals surface area (Å²) in [6, 6.07) is 0. The first-order valence-corrected chi connectivity index (χ1v) is 7.78. The first-order chi connectivity index (χ1) is 10.0. The summed E-state index contributed by atoms with van der Waals surface area (Å²) in [7, 11) is 1.50. The fourth-order valence-electron chi connectivity index (χ4n) is 3.98. The Morgan fingerprint density at radius 1 is 1.14 bits per heavy atom. The summed E-state index contributed by atoms with van der Waals surface area (Å²) in [5, 5.41) is 0. The molecule has 0 amide bonds. The van der Waals surface area contributed by atoms with E-state index >= 15 is 0 Å². The van der Waals surface area contributed by atoms with Gasteiger partial charge in [-0.1, -0.05) is 12.2 Å². The standard InChI is InChI=1S/C17H24O4/c1-15(20-12-13-21-15)4-3-5-16-6-9-17(10-7-16,11-8-16)14(18)19-2/h3,5,12-13H,4,6-11H2,1-2H3/b5-3+. The molecule has 3 fully saturated rings. The van der Waals surface area contributed by atoms with Gasteiger partial charge in [0, 0.05) is 13.3 Å². The molecule has 0 aromatic rings. The van der Waals surface area contributed by atoms with E-state index in [1.54, 1.807) is 12.5 Å². The van der Waals surface area contributed by atoms with Crippen molar-refractivity contribution in [1.29, 1.82) is 0 Å². The molecule has 0 saturated heterocycles. The number of hydrogen-bond acceptors (Lipinski definition) is 4. The van der Waals surface area contributed by atoms with Gasteiger partial charge in [-0.25, -0.2) is 0 Å². The van der Waals surface area contributed by atoms with Gasteiger partial charge in [0.2, 0.25) is 5.79 Å². The van der Waals surface area contributed by atoms with Gasteiger partial charge < -0.3 is 14.2 Å². The molecule has 3 aliphatic carbocycles. The summed E-state index contributed by atoms with van der Waals surface area (Å²) in [5.41, 5.74) is 0.0656. The zero-order valence-electron chi connectivity index (χ0n) is 12.9. The summed E-state index contributed by atoms with van der Waals surface area (Å²) < 4.78 is 15.9. The van der Waals surface area contributed by atoms with Crippen LogP contribution in [-0.4, -0.2) is 18.9 Å². The van der Waals surface area contributed by atoms with Crippen molar-refractivity contribution in [1.82, 2.24) is 0 Å². The lowest BCUT2D eigenvalue weighted by atomic mass is 9.53. The van der Waals surface area contributed by atoms with Gasteiger partial charge in [0.05, 0.1) is 12.5 Å². The lowest BCUT2D eigenvalue weighted by Crippen LogP contribution is -2.45. The molecule has 4 heteroatoms. The van der Waals surface area contributed by atoms with E-state index in [-0.39, 0.29) is 16.8 Å². The number of rotatable bonds is 4. The number of carbonyl (C=O) groups excluding carboxylic acids is 1. The molecular weight excluding hydrogens is 268 g/mol. The minimum atomic E-state index is -0.549. The second-order valence-electron chi connectivity index (χ2n) is 6.88. The molecule has 3 saturated carbocycles. The van der Waals surface area contributed by atoms with Gasteiger partial charge in [0.25, 0.3) is 0 Å². The van der Waals surface area contributed by atoms with Gasteiger partial charge in [0.1, 0.15) is 12.5 Å². The highest BCUT2D eigenvalue weighted by atomic mass is 16.7. The van der Waals surface area contributed by atoms with Crippen molar-refractivity contribution in [2.45, 2.75) is 57.7 Å². The first-order valence-electron chi connectivity index (χ1n) is 7.78. The zero-order valence-corrected chi connectivity index (χ0v) is 12.9. The Labute approximate surface area is 126 Å². The molecule has 0 radical (unpaired) electrons. The van der Waals surface area contributed by atoms with Crippen molar-refractivity contribution >= 4 is 5.97 Å². The number of allylic oxidation sites excluding steroid dienone is 1. The predicted molar refractivity (Wildman–Crippen MR) is 78.1 cm³/mol. The number of methoxy groups -OCH3 is 1. The van der Waals surface area contributed by atoms with Crippen LogP contribution < -0.4 is 0 Å². The second kappa shape index (κ2) is 5.08. The van der Waals surface area contributed by atoms with Crippen molar-refractivity contribution in [3.05, 3.63) is 24.7 Å². The Balaban J connectivity index is 1.60. The lowest BCUT2D eigenvalue weighted by Gasteiger charge is -2.50. The van der Waals surface area contributed by atoms with Crippen LogP contribution >= 0.6 is 0 Å². The van der Waals surface area contributed by atoms with Crippen molar-refractivity contribution in [2.24, 2.45) is 10.8 Å². The first kappa shape index (κ1) is 14.5. The van der Waals surface area contributed by atoms with E-state index in [2.05, 4.69) is 12.2 Å². The highest BCUT2D eigenvalue weighted by Crippen LogP contribution is 2.58. The molecule has 116 valence electrons. The lowest BCUT2D eigenvalue weighted by molar-refractivity contribution is -0.161. The van der Waals surface area contributed by atoms with Crippen LogP contribution in [-0.2, 0) is 19.0 Å². The molecule has 0 aromatic carbocycles. The molecule has 0 N–H and O–H groups in total.